The van der Waals surface area contributed by atoms with E-state index < -0.39 is 0 Å². The number of benzene rings is 1. The Morgan fingerprint density at radius 2 is 2.24 bits per heavy atom. The van der Waals surface area contributed by atoms with Gasteiger partial charge >= 0.3 is 0 Å². The Morgan fingerprint density at radius 3 is 2.95 bits per heavy atom. The van der Waals surface area contributed by atoms with Crippen LogP contribution in [-0.4, -0.2) is 5.91 Å². The average Bonchev–Trinajstić information content (AvgIpc) is 3.02. The molecule has 21 heavy (non-hydrogen) atoms. The van der Waals surface area contributed by atoms with E-state index in [1.807, 2.05) is 6.92 Å². The summed E-state index contributed by atoms with van der Waals surface area (Å²) in [6.45, 7) is 1.87. The van der Waals surface area contributed by atoms with Crippen molar-refractivity contribution in [1.82, 2.24) is 0 Å². The molecule has 2 aromatic rings. The summed E-state index contributed by atoms with van der Waals surface area (Å²) in [5.41, 5.74) is 9.61. The second kappa shape index (κ2) is 5.23. The molecule has 1 aliphatic rings. The van der Waals surface area contributed by atoms with Gasteiger partial charge in [0.1, 0.15) is 11.1 Å². The van der Waals surface area contributed by atoms with E-state index in [2.05, 4.69) is 11.4 Å². The molecule has 0 fully saturated rings. The fourth-order valence-corrected chi connectivity index (χ4v) is 3.84. The zero-order valence-electron chi connectivity index (χ0n) is 11.7. The highest BCUT2D eigenvalue weighted by Crippen LogP contribution is 2.38. The van der Waals surface area contributed by atoms with Crippen LogP contribution in [0.3, 0.4) is 0 Å². The van der Waals surface area contributed by atoms with Crippen molar-refractivity contribution in [2.75, 3.05) is 11.1 Å². The second-order valence-electron chi connectivity index (χ2n) is 5.20. The first-order chi connectivity index (χ1) is 10.1. The lowest BCUT2D eigenvalue weighted by molar-refractivity contribution is 0.102. The monoisotopic (exact) mass is 297 g/mol. The number of nitrogens with one attached hydrogen (secondary N) is 1. The molecule has 0 spiro atoms. The van der Waals surface area contributed by atoms with Crippen LogP contribution in [0.5, 0.6) is 0 Å². The molecule has 0 saturated heterocycles. The smallest absolute Gasteiger partial charge is 0.256 e. The molecule has 0 atom stereocenters. The van der Waals surface area contributed by atoms with E-state index in [9.17, 15) is 10.1 Å². The lowest BCUT2D eigenvalue weighted by atomic mass is 10.1. The van der Waals surface area contributed by atoms with Gasteiger partial charge in [0, 0.05) is 16.1 Å². The van der Waals surface area contributed by atoms with E-state index in [-0.39, 0.29) is 5.91 Å². The normalized spacial score (nSPS) is 12.8. The number of thiophene rings is 1. The van der Waals surface area contributed by atoms with Crippen LogP contribution in [0.4, 0.5) is 10.7 Å². The number of carbonyl (C=O) groups is 1. The number of nitrogens with two attached hydrogens (primary N) is 1. The van der Waals surface area contributed by atoms with Crippen LogP contribution in [0.25, 0.3) is 0 Å². The zero-order chi connectivity index (χ0) is 15.0. The number of nitrogens with zero attached hydrogens (tertiary/aromatic N) is 1. The van der Waals surface area contributed by atoms with E-state index in [4.69, 9.17) is 5.73 Å². The van der Waals surface area contributed by atoms with Crippen LogP contribution in [0.2, 0.25) is 0 Å². The van der Waals surface area contributed by atoms with Crippen LogP contribution in [-0.2, 0) is 12.8 Å². The number of anilines is 2. The highest BCUT2D eigenvalue weighted by Gasteiger charge is 2.23. The molecule has 1 aliphatic carbocycles. The van der Waals surface area contributed by atoms with Crippen molar-refractivity contribution in [1.29, 1.82) is 5.26 Å². The Hall–Kier alpha value is -2.32. The van der Waals surface area contributed by atoms with E-state index in [1.165, 1.54) is 16.2 Å². The summed E-state index contributed by atoms with van der Waals surface area (Å²) in [6.07, 6.45) is 3.04. The molecule has 1 amide bonds. The van der Waals surface area contributed by atoms with Gasteiger partial charge in [0.15, 0.2) is 0 Å². The van der Waals surface area contributed by atoms with Gasteiger partial charge in [-0.05, 0) is 55.5 Å². The molecule has 1 aromatic carbocycles. The third kappa shape index (κ3) is 2.39. The number of aryl methyl sites for hydroxylation is 2. The molecule has 106 valence electrons. The zero-order valence-corrected chi connectivity index (χ0v) is 12.5. The molecule has 3 N–H and O–H groups in total. The van der Waals surface area contributed by atoms with E-state index >= 15 is 0 Å². The fourth-order valence-electron chi connectivity index (χ4n) is 2.60. The van der Waals surface area contributed by atoms with Crippen LogP contribution < -0.4 is 11.1 Å². The molecule has 1 heterocycles. The Bertz CT molecular complexity index is 771. The predicted molar refractivity (Wildman–Crippen MR) is 84.6 cm³/mol. The maximum Gasteiger partial charge on any atom is 0.256 e. The first-order valence-corrected chi connectivity index (χ1v) is 7.64. The Kier molecular flexibility index (Phi) is 3.40. The van der Waals surface area contributed by atoms with Crippen molar-refractivity contribution in [2.45, 2.75) is 26.2 Å². The minimum absolute atomic E-state index is 0.200. The van der Waals surface area contributed by atoms with Crippen LogP contribution in [0.1, 0.15) is 38.3 Å². The van der Waals surface area contributed by atoms with Gasteiger partial charge in [-0.15, -0.1) is 11.3 Å². The van der Waals surface area contributed by atoms with Gasteiger partial charge in [-0.25, -0.2) is 0 Å². The number of nitrogen functional groups attached to an aromatic ring is 1. The molecular weight excluding hydrogens is 282 g/mol. The Labute approximate surface area is 127 Å². The summed E-state index contributed by atoms with van der Waals surface area (Å²) in [4.78, 5) is 13.5. The summed E-state index contributed by atoms with van der Waals surface area (Å²) in [5.74, 6) is -0.200. The maximum absolute atomic E-state index is 12.3. The quantitative estimate of drug-likeness (QED) is 0.835. The highest BCUT2D eigenvalue weighted by atomic mass is 32.1. The number of fused-ring (bicyclic) bond motifs is 1. The number of amides is 1. The number of hydrogen-bond acceptors (Lipinski definition) is 4. The Balaban J connectivity index is 1.88. The summed E-state index contributed by atoms with van der Waals surface area (Å²) in [5, 5.41) is 12.9. The molecule has 4 nitrogen and oxygen atoms in total. The first-order valence-electron chi connectivity index (χ1n) is 6.82. The molecule has 0 radical (unpaired) electrons. The van der Waals surface area contributed by atoms with Gasteiger partial charge in [-0.2, -0.15) is 5.26 Å². The molecule has 3 rings (SSSR count). The second-order valence-corrected chi connectivity index (χ2v) is 6.30. The standard InChI is InChI=1S/C16H15N3OS/c1-9-7-10(5-6-13(9)18)15(20)19-16-12(8-17)11-3-2-4-14(11)21-16/h5-7H,2-4,18H2,1H3,(H,19,20). The predicted octanol–water partition coefficient (Wildman–Crippen LogP) is 3.25. The van der Waals surface area contributed by atoms with Crippen LogP contribution in [0, 0.1) is 18.3 Å². The summed E-state index contributed by atoms with van der Waals surface area (Å²) < 4.78 is 0. The van der Waals surface area contributed by atoms with Crippen molar-refractivity contribution in [3.8, 4) is 6.07 Å². The van der Waals surface area contributed by atoms with Crippen molar-refractivity contribution >= 4 is 27.9 Å². The molecule has 1 aromatic heterocycles. The first kappa shape index (κ1) is 13.7. The fraction of sp³-hybridized carbons (Fsp3) is 0.250. The van der Waals surface area contributed by atoms with Gasteiger partial charge in [-0.1, -0.05) is 0 Å². The third-order valence-electron chi connectivity index (χ3n) is 3.79. The molecule has 0 saturated carbocycles. The largest absolute Gasteiger partial charge is 0.399 e. The topological polar surface area (TPSA) is 78.9 Å². The van der Waals surface area contributed by atoms with E-state index in [0.717, 1.165) is 30.4 Å². The summed E-state index contributed by atoms with van der Waals surface area (Å²) in [7, 11) is 0. The SMILES string of the molecule is Cc1cc(C(=O)Nc2sc3c(c2C#N)CCC3)ccc1N. The van der Waals surface area contributed by atoms with Crippen molar-refractivity contribution in [3.05, 3.63) is 45.3 Å². The maximum atomic E-state index is 12.3. The lowest BCUT2D eigenvalue weighted by Crippen LogP contribution is -2.12. The minimum Gasteiger partial charge on any atom is -0.399 e. The molecule has 0 aliphatic heterocycles. The van der Waals surface area contributed by atoms with Gasteiger partial charge in [-0.3, -0.25) is 4.79 Å². The minimum atomic E-state index is -0.200. The van der Waals surface area contributed by atoms with Crippen molar-refractivity contribution in [3.63, 3.8) is 0 Å². The van der Waals surface area contributed by atoms with Crippen molar-refractivity contribution < 1.29 is 4.79 Å². The molecular formula is C16H15N3OS. The highest BCUT2D eigenvalue weighted by molar-refractivity contribution is 7.16. The van der Waals surface area contributed by atoms with Gasteiger partial charge in [0.25, 0.3) is 5.91 Å². The van der Waals surface area contributed by atoms with Gasteiger partial charge in [0.05, 0.1) is 5.56 Å². The van der Waals surface area contributed by atoms with Crippen LogP contribution in [0.15, 0.2) is 18.2 Å². The number of hydrogen-bond donors (Lipinski definition) is 2. The molecule has 0 unspecified atom stereocenters. The lowest BCUT2D eigenvalue weighted by Gasteiger charge is -2.06. The Morgan fingerprint density at radius 1 is 1.43 bits per heavy atom. The van der Waals surface area contributed by atoms with E-state index in [1.54, 1.807) is 18.2 Å². The average molecular weight is 297 g/mol. The van der Waals surface area contributed by atoms with Crippen LogP contribution >= 0.6 is 11.3 Å². The summed E-state index contributed by atoms with van der Waals surface area (Å²) >= 11 is 1.52. The summed E-state index contributed by atoms with van der Waals surface area (Å²) in [6, 6.07) is 7.42. The van der Waals surface area contributed by atoms with E-state index in [0.29, 0.717) is 21.8 Å². The number of nitriles is 1. The molecule has 0 bridgehead atoms. The van der Waals surface area contributed by atoms with Crippen molar-refractivity contribution in [2.24, 2.45) is 0 Å². The third-order valence-corrected chi connectivity index (χ3v) is 5.00. The van der Waals surface area contributed by atoms with Gasteiger partial charge < -0.3 is 11.1 Å². The number of rotatable bonds is 2. The molecule has 5 heteroatoms. The number of carbonyl (C=O) groups excluding carboxylic acids is 1. The van der Waals surface area contributed by atoms with Gasteiger partial charge in [0.2, 0.25) is 0 Å².